The first-order chi connectivity index (χ1) is 11.3. The molecule has 2 heterocycles. The van der Waals surface area contributed by atoms with Crippen LogP contribution in [0, 0.1) is 6.92 Å². The molecule has 0 aliphatic heterocycles. The quantitative estimate of drug-likeness (QED) is 0.497. The Kier molecular flexibility index (Phi) is 3.31. The van der Waals surface area contributed by atoms with Gasteiger partial charge in [0.15, 0.2) is 5.58 Å². The first-order valence-electron chi connectivity index (χ1n) is 7.47. The van der Waals surface area contributed by atoms with E-state index in [1.54, 1.807) is 6.26 Å². The summed E-state index contributed by atoms with van der Waals surface area (Å²) in [5, 5.41) is 0. The maximum absolute atomic E-state index is 5.76. The normalized spacial score (nSPS) is 11.5. The highest BCUT2D eigenvalue weighted by molar-refractivity contribution is 5.80. The summed E-state index contributed by atoms with van der Waals surface area (Å²) in [6, 6.07) is 18.0. The molecule has 0 saturated heterocycles. The average Bonchev–Trinajstić information content (AvgIpc) is 3.23. The Labute approximate surface area is 133 Å². The van der Waals surface area contributed by atoms with Crippen molar-refractivity contribution in [1.29, 1.82) is 0 Å². The minimum Gasteiger partial charge on any atom is -0.464 e. The molecule has 0 N–H and O–H groups in total. The van der Waals surface area contributed by atoms with Gasteiger partial charge in [-0.25, -0.2) is 4.98 Å². The maximum Gasteiger partial charge on any atom is 0.220 e. The van der Waals surface area contributed by atoms with Crippen molar-refractivity contribution in [2.24, 2.45) is 0 Å². The average molecular weight is 301 g/mol. The minimum absolute atomic E-state index is 0.595. The fraction of sp³-hybridized carbons (Fsp3) is 0.0500. The predicted molar refractivity (Wildman–Crippen MR) is 91.8 cm³/mol. The van der Waals surface area contributed by atoms with Crippen molar-refractivity contribution in [3.05, 3.63) is 77.9 Å². The fourth-order valence-electron chi connectivity index (χ4n) is 2.46. The SMILES string of the molecule is Cc1ccc(C=Cc2nc3cc(-c4ccco4)ccc3o2)cc1. The van der Waals surface area contributed by atoms with Crippen LogP contribution < -0.4 is 0 Å². The summed E-state index contributed by atoms with van der Waals surface area (Å²) < 4.78 is 11.2. The lowest BCUT2D eigenvalue weighted by atomic mass is 10.1. The molecule has 0 saturated carbocycles. The zero-order chi connectivity index (χ0) is 15.6. The highest BCUT2D eigenvalue weighted by atomic mass is 16.3. The largest absolute Gasteiger partial charge is 0.464 e. The van der Waals surface area contributed by atoms with E-state index in [4.69, 9.17) is 8.83 Å². The van der Waals surface area contributed by atoms with Crippen LogP contribution in [0.4, 0.5) is 0 Å². The van der Waals surface area contributed by atoms with Crippen molar-refractivity contribution in [1.82, 2.24) is 4.98 Å². The fourth-order valence-corrected chi connectivity index (χ4v) is 2.46. The van der Waals surface area contributed by atoms with Crippen LogP contribution in [0.25, 0.3) is 34.6 Å². The van der Waals surface area contributed by atoms with Crippen molar-refractivity contribution in [3.63, 3.8) is 0 Å². The van der Waals surface area contributed by atoms with E-state index in [-0.39, 0.29) is 0 Å². The monoisotopic (exact) mass is 301 g/mol. The molecule has 3 nitrogen and oxygen atoms in total. The number of rotatable bonds is 3. The molecule has 0 unspecified atom stereocenters. The molecule has 0 spiro atoms. The third-order valence-corrected chi connectivity index (χ3v) is 3.71. The van der Waals surface area contributed by atoms with Gasteiger partial charge in [-0.2, -0.15) is 0 Å². The van der Waals surface area contributed by atoms with Crippen molar-refractivity contribution in [3.8, 4) is 11.3 Å². The topological polar surface area (TPSA) is 39.2 Å². The molecule has 23 heavy (non-hydrogen) atoms. The van der Waals surface area contributed by atoms with Crippen LogP contribution in [-0.2, 0) is 0 Å². The Morgan fingerprint density at radius 3 is 2.61 bits per heavy atom. The highest BCUT2D eigenvalue weighted by Crippen LogP contribution is 2.25. The van der Waals surface area contributed by atoms with Gasteiger partial charge in [-0.05, 0) is 48.9 Å². The van der Waals surface area contributed by atoms with E-state index < -0.39 is 0 Å². The van der Waals surface area contributed by atoms with Crippen LogP contribution in [0.15, 0.2) is 69.7 Å². The van der Waals surface area contributed by atoms with E-state index in [1.165, 1.54) is 5.56 Å². The molecule has 0 fully saturated rings. The highest BCUT2D eigenvalue weighted by Gasteiger charge is 2.07. The van der Waals surface area contributed by atoms with E-state index in [9.17, 15) is 0 Å². The van der Waals surface area contributed by atoms with Gasteiger partial charge in [0.05, 0.1) is 6.26 Å². The molecule has 3 heteroatoms. The first-order valence-corrected chi connectivity index (χ1v) is 7.47. The molecule has 2 aromatic carbocycles. The number of hydrogen-bond acceptors (Lipinski definition) is 3. The number of aryl methyl sites for hydroxylation is 1. The summed E-state index contributed by atoms with van der Waals surface area (Å²) in [6.45, 7) is 2.07. The Morgan fingerprint density at radius 1 is 0.957 bits per heavy atom. The number of nitrogens with zero attached hydrogens (tertiary/aromatic N) is 1. The molecule has 4 aromatic rings. The molecule has 0 bridgehead atoms. The molecule has 0 amide bonds. The van der Waals surface area contributed by atoms with E-state index in [1.807, 2.05) is 42.5 Å². The third kappa shape index (κ3) is 2.81. The van der Waals surface area contributed by atoms with Crippen LogP contribution in [0.2, 0.25) is 0 Å². The number of furan rings is 1. The van der Waals surface area contributed by atoms with Gasteiger partial charge in [-0.15, -0.1) is 0 Å². The lowest BCUT2D eigenvalue weighted by Gasteiger charge is -1.94. The van der Waals surface area contributed by atoms with Crippen molar-refractivity contribution in [2.75, 3.05) is 0 Å². The van der Waals surface area contributed by atoms with Crippen LogP contribution in [0.1, 0.15) is 17.0 Å². The molecule has 4 rings (SSSR count). The Morgan fingerprint density at radius 2 is 1.83 bits per heavy atom. The lowest BCUT2D eigenvalue weighted by Crippen LogP contribution is -1.75. The number of hydrogen-bond donors (Lipinski definition) is 0. The van der Waals surface area contributed by atoms with Crippen molar-refractivity contribution < 1.29 is 8.83 Å². The second kappa shape index (κ2) is 5.61. The Hall–Kier alpha value is -3.07. The summed E-state index contributed by atoms with van der Waals surface area (Å²) in [7, 11) is 0. The predicted octanol–water partition coefficient (Wildman–Crippen LogP) is 5.57. The first kappa shape index (κ1) is 13.6. The van der Waals surface area contributed by atoms with E-state index >= 15 is 0 Å². The van der Waals surface area contributed by atoms with Gasteiger partial charge < -0.3 is 8.83 Å². The molecule has 0 atom stereocenters. The smallest absolute Gasteiger partial charge is 0.220 e. The van der Waals surface area contributed by atoms with Gasteiger partial charge in [0.25, 0.3) is 0 Å². The second-order valence-corrected chi connectivity index (χ2v) is 5.46. The zero-order valence-electron chi connectivity index (χ0n) is 12.7. The molecule has 0 aliphatic rings. The maximum atomic E-state index is 5.76. The van der Waals surface area contributed by atoms with Gasteiger partial charge in [-0.1, -0.05) is 29.8 Å². The molecular weight excluding hydrogens is 286 g/mol. The van der Waals surface area contributed by atoms with Gasteiger partial charge >= 0.3 is 0 Å². The summed E-state index contributed by atoms with van der Waals surface area (Å²) >= 11 is 0. The van der Waals surface area contributed by atoms with E-state index in [2.05, 4.69) is 36.2 Å². The van der Waals surface area contributed by atoms with Crippen molar-refractivity contribution in [2.45, 2.75) is 6.92 Å². The van der Waals surface area contributed by atoms with Gasteiger partial charge in [0, 0.05) is 11.6 Å². The number of aromatic nitrogens is 1. The summed E-state index contributed by atoms with van der Waals surface area (Å²) in [5.41, 5.74) is 4.94. The minimum atomic E-state index is 0.595. The molecular formula is C20H15NO2. The summed E-state index contributed by atoms with van der Waals surface area (Å²) in [4.78, 5) is 4.52. The Balaban J connectivity index is 1.65. The van der Waals surface area contributed by atoms with Gasteiger partial charge in [-0.3, -0.25) is 0 Å². The number of benzene rings is 2. The van der Waals surface area contributed by atoms with Crippen LogP contribution in [-0.4, -0.2) is 4.98 Å². The molecule has 2 aromatic heterocycles. The standard InChI is InChI=1S/C20H15NO2/c1-14-4-6-15(7-5-14)8-11-20-21-17-13-16(9-10-19(17)23-20)18-3-2-12-22-18/h2-13H,1H3. The summed E-state index contributed by atoms with van der Waals surface area (Å²) in [6.07, 6.45) is 5.55. The third-order valence-electron chi connectivity index (χ3n) is 3.71. The second-order valence-electron chi connectivity index (χ2n) is 5.46. The molecule has 0 aliphatic carbocycles. The van der Waals surface area contributed by atoms with Gasteiger partial charge in [0.2, 0.25) is 5.89 Å². The molecule has 112 valence electrons. The van der Waals surface area contributed by atoms with Crippen LogP contribution in [0.3, 0.4) is 0 Å². The lowest BCUT2D eigenvalue weighted by molar-refractivity contribution is 0.582. The van der Waals surface area contributed by atoms with Crippen LogP contribution >= 0.6 is 0 Å². The van der Waals surface area contributed by atoms with E-state index in [0.29, 0.717) is 5.89 Å². The van der Waals surface area contributed by atoms with Gasteiger partial charge in [0.1, 0.15) is 11.3 Å². The molecule has 0 radical (unpaired) electrons. The summed E-state index contributed by atoms with van der Waals surface area (Å²) in [5.74, 6) is 1.42. The van der Waals surface area contributed by atoms with E-state index in [0.717, 1.165) is 28.0 Å². The van der Waals surface area contributed by atoms with Crippen LogP contribution in [0.5, 0.6) is 0 Å². The number of fused-ring (bicyclic) bond motifs is 1. The zero-order valence-corrected chi connectivity index (χ0v) is 12.7. The Bertz CT molecular complexity index is 961. The van der Waals surface area contributed by atoms with Crippen molar-refractivity contribution >= 4 is 23.3 Å². The number of oxazole rings is 1.